The van der Waals surface area contributed by atoms with Crippen molar-refractivity contribution in [3.8, 4) is 11.4 Å². The maximum atomic E-state index is 14.6. The normalized spacial score (nSPS) is 12.8. The molecule has 0 aliphatic rings. The highest BCUT2D eigenvalue weighted by atomic mass is 19.1. The van der Waals surface area contributed by atoms with Crippen molar-refractivity contribution in [3.05, 3.63) is 96.3 Å². The summed E-state index contributed by atoms with van der Waals surface area (Å²) in [6, 6.07) is 12.2. The first kappa shape index (κ1) is 22.2. The first-order valence-electron chi connectivity index (χ1n) is 9.99. The molecule has 168 valence electrons. The summed E-state index contributed by atoms with van der Waals surface area (Å²) in [6.45, 7) is -0.523. The van der Waals surface area contributed by atoms with Crippen LogP contribution in [-0.2, 0) is 12.1 Å². The van der Waals surface area contributed by atoms with Gasteiger partial charge >= 0.3 is 0 Å². The van der Waals surface area contributed by atoms with Gasteiger partial charge < -0.3 is 10.0 Å². The molecule has 2 heterocycles. The Morgan fingerprint density at radius 1 is 1.12 bits per heavy atom. The van der Waals surface area contributed by atoms with Gasteiger partial charge in [0.15, 0.2) is 5.82 Å². The molecule has 0 fully saturated rings. The minimum absolute atomic E-state index is 0.172. The third kappa shape index (κ3) is 4.90. The zero-order chi connectivity index (χ0) is 23.4. The van der Waals surface area contributed by atoms with E-state index in [9.17, 15) is 18.7 Å². The fourth-order valence-electron chi connectivity index (χ4n) is 3.53. The molecule has 0 bridgehead atoms. The summed E-state index contributed by atoms with van der Waals surface area (Å²) < 4.78 is 29.3. The molecule has 0 aliphatic heterocycles. The highest BCUT2D eigenvalue weighted by molar-refractivity contribution is 5.93. The standard InChI is InChI=1S/C23H20F2N6O2/c1-30(22(32)17-10-27-21(28-11-17)16-5-3-2-4-6-16)12-23(33,13-31-15-26-14-29-31)19-8-7-18(24)9-20(19)25/h2-11,14-15,33H,12-13H2,1H3. The molecule has 10 heteroatoms. The molecule has 1 N–H and O–H groups in total. The van der Waals surface area contributed by atoms with Crippen LogP contribution >= 0.6 is 0 Å². The number of nitrogens with zero attached hydrogens (tertiary/aromatic N) is 6. The zero-order valence-electron chi connectivity index (χ0n) is 17.6. The highest BCUT2D eigenvalue weighted by Gasteiger charge is 2.36. The fourth-order valence-corrected chi connectivity index (χ4v) is 3.53. The lowest BCUT2D eigenvalue weighted by Crippen LogP contribution is -2.45. The maximum Gasteiger partial charge on any atom is 0.256 e. The Morgan fingerprint density at radius 2 is 1.85 bits per heavy atom. The number of carbonyl (C=O) groups is 1. The van der Waals surface area contributed by atoms with E-state index in [2.05, 4.69) is 20.1 Å². The third-order valence-corrected chi connectivity index (χ3v) is 5.10. The van der Waals surface area contributed by atoms with Gasteiger partial charge in [0.2, 0.25) is 0 Å². The molecular weight excluding hydrogens is 430 g/mol. The van der Waals surface area contributed by atoms with Gasteiger partial charge in [0, 0.05) is 36.6 Å². The van der Waals surface area contributed by atoms with Crippen molar-refractivity contribution in [3.63, 3.8) is 0 Å². The van der Waals surface area contributed by atoms with Crippen LogP contribution in [0.5, 0.6) is 0 Å². The average Bonchev–Trinajstić information content (AvgIpc) is 3.31. The SMILES string of the molecule is CN(CC(O)(Cn1cncn1)c1ccc(F)cc1F)C(=O)c1cnc(-c2ccccc2)nc1. The van der Waals surface area contributed by atoms with Crippen LogP contribution in [0.1, 0.15) is 15.9 Å². The van der Waals surface area contributed by atoms with Crippen molar-refractivity contribution in [1.29, 1.82) is 0 Å². The predicted octanol–water partition coefficient (Wildman–Crippen LogP) is 2.67. The number of amides is 1. The van der Waals surface area contributed by atoms with E-state index in [4.69, 9.17) is 0 Å². The summed E-state index contributed by atoms with van der Waals surface area (Å²) in [5.41, 5.74) is -1.09. The second-order valence-electron chi connectivity index (χ2n) is 7.57. The Kier molecular flexibility index (Phi) is 6.18. The molecule has 0 saturated heterocycles. The molecular formula is C23H20F2N6O2. The summed E-state index contributed by atoms with van der Waals surface area (Å²) in [5, 5.41) is 15.4. The quantitative estimate of drug-likeness (QED) is 0.465. The molecule has 2 aromatic heterocycles. The molecule has 1 unspecified atom stereocenters. The van der Waals surface area contributed by atoms with E-state index in [0.29, 0.717) is 11.9 Å². The van der Waals surface area contributed by atoms with E-state index in [1.165, 1.54) is 41.7 Å². The number of aromatic nitrogens is 5. The number of rotatable bonds is 7. The van der Waals surface area contributed by atoms with Crippen LogP contribution in [-0.4, -0.2) is 54.2 Å². The minimum atomic E-state index is -1.92. The fraction of sp³-hybridized carbons (Fsp3) is 0.174. The van der Waals surface area contributed by atoms with Gasteiger partial charge in [-0.25, -0.2) is 28.4 Å². The molecule has 0 aliphatic carbocycles. The van der Waals surface area contributed by atoms with Gasteiger partial charge in [-0.2, -0.15) is 5.10 Å². The van der Waals surface area contributed by atoms with Crippen LogP contribution < -0.4 is 0 Å². The zero-order valence-corrected chi connectivity index (χ0v) is 17.6. The van der Waals surface area contributed by atoms with Crippen molar-refractivity contribution in [2.45, 2.75) is 12.1 Å². The first-order chi connectivity index (χ1) is 15.9. The average molecular weight is 450 g/mol. The number of aliphatic hydroxyl groups is 1. The van der Waals surface area contributed by atoms with Crippen molar-refractivity contribution < 1.29 is 18.7 Å². The third-order valence-electron chi connectivity index (χ3n) is 5.10. The Labute approximate surface area is 188 Å². The molecule has 1 atom stereocenters. The summed E-state index contributed by atoms with van der Waals surface area (Å²) in [5.74, 6) is -1.73. The molecule has 33 heavy (non-hydrogen) atoms. The molecule has 1 amide bonds. The van der Waals surface area contributed by atoms with E-state index in [-0.39, 0.29) is 24.2 Å². The lowest BCUT2D eigenvalue weighted by molar-refractivity contribution is -0.0129. The number of benzene rings is 2. The smallest absolute Gasteiger partial charge is 0.256 e. The molecule has 2 aromatic carbocycles. The van der Waals surface area contributed by atoms with Crippen LogP contribution in [0.25, 0.3) is 11.4 Å². The van der Waals surface area contributed by atoms with Gasteiger partial charge in [-0.1, -0.05) is 36.4 Å². The Balaban J connectivity index is 1.58. The Morgan fingerprint density at radius 3 is 2.48 bits per heavy atom. The second-order valence-corrected chi connectivity index (χ2v) is 7.57. The van der Waals surface area contributed by atoms with Crippen molar-refractivity contribution in [2.75, 3.05) is 13.6 Å². The Bertz CT molecular complexity index is 1240. The Hall–Kier alpha value is -4.05. The maximum absolute atomic E-state index is 14.6. The van der Waals surface area contributed by atoms with Crippen LogP contribution in [0.3, 0.4) is 0 Å². The predicted molar refractivity (Wildman–Crippen MR) is 115 cm³/mol. The highest BCUT2D eigenvalue weighted by Crippen LogP contribution is 2.28. The molecule has 8 nitrogen and oxygen atoms in total. The summed E-state index contributed by atoms with van der Waals surface area (Å²) in [4.78, 5) is 26.5. The van der Waals surface area contributed by atoms with Crippen LogP contribution in [0.15, 0.2) is 73.6 Å². The van der Waals surface area contributed by atoms with E-state index < -0.39 is 23.1 Å². The van der Waals surface area contributed by atoms with E-state index in [0.717, 1.165) is 17.7 Å². The first-order valence-corrected chi connectivity index (χ1v) is 9.99. The van der Waals surface area contributed by atoms with Crippen molar-refractivity contribution >= 4 is 5.91 Å². The van der Waals surface area contributed by atoms with Gasteiger partial charge in [-0.15, -0.1) is 0 Å². The summed E-state index contributed by atoms with van der Waals surface area (Å²) >= 11 is 0. The molecule has 0 saturated carbocycles. The largest absolute Gasteiger partial charge is 0.381 e. The summed E-state index contributed by atoms with van der Waals surface area (Å²) in [7, 11) is 1.46. The van der Waals surface area contributed by atoms with E-state index in [1.807, 2.05) is 30.3 Å². The molecule has 0 spiro atoms. The molecule has 0 radical (unpaired) electrons. The molecule has 4 aromatic rings. The second kappa shape index (κ2) is 9.21. The van der Waals surface area contributed by atoms with Gasteiger partial charge in [0.05, 0.1) is 18.7 Å². The van der Waals surface area contributed by atoms with Gasteiger partial charge in [0.25, 0.3) is 5.91 Å². The number of halogens is 2. The number of likely N-dealkylation sites (N-methyl/N-ethyl adjacent to an activating group) is 1. The van der Waals surface area contributed by atoms with Crippen molar-refractivity contribution in [1.82, 2.24) is 29.6 Å². The van der Waals surface area contributed by atoms with Gasteiger partial charge in [-0.05, 0) is 6.07 Å². The van der Waals surface area contributed by atoms with Gasteiger partial charge in [-0.3, -0.25) is 4.79 Å². The topological polar surface area (TPSA) is 97.0 Å². The monoisotopic (exact) mass is 450 g/mol. The van der Waals surface area contributed by atoms with Crippen LogP contribution in [0.4, 0.5) is 8.78 Å². The number of hydrogen-bond acceptors (Lipinski definition) is 6. The van der Waals surface area contributed by atoms with Crippen molar-refractivity contribution in [2.24, 2.45) is 0 Å². The summed E-state index contributed by atoms with van der Waals surface area (Å²) in [6.07, 6.45) is 5.40. The van der Waals surface area contributed by atoms with Gasteiger partial charge in [0.1, 0.15) is 29.9 Å². The van der Waals surface area contributed by atoms with E-state index in [1.54, 1.807) is 0 Å². The van der Waals surface area contributed by atoms with Crippen LogP contribution in [0, 0.1) is 11.6 Å². The minimum Gasteiger partial charge on any atom is -0.381 e. The number of hydrogen-bond donors (Lipinski definition) is 1. The number of carbonyl (C=O) groups excluding carboxylic acids is 1. The van der Waals surface area contributed by atoms with E-state index >= 15 is 0 Å². The lowest BCUT2D eigenvalue weighted by Gasteiger charge is -2.33. The van der Waals surface area contributed by atoms with Crippen LogP contribution in [0.2, 0.25) is 0 Å². The lowest BCUT2D eigenvalue weighted by atomic mass is 9.92. The molecule has 4 rings (SSSR count).